The quantitative estimate of drug-likeness (QED) is 0.815. The number of nitrogens with zero attached hydrogens (tertiary/aromatic N) is 3. The fourth-order valence-electron chi connectivity index (χ4n) is 2.54. The number of rotatable bonds is 3. The summed E-state index contributed by atoms with van der Waals surface area (Å²) in [5, 5.41) is 1.35. The molecule has 2 heterocycles. The van der Waals surface area contributed by atoms with E-state index in [1.165, 1.54) is 19.2 Å². The molecule has 0 aliphatic carbocycles. The number of halogens is 1. The summed E-state index contributed by atoms with van der Waals surface area (Å²) in [7, 11) is 2.17. The lowest BCUT2D eigenvalue weighted by molar-refractivity contribution is 0.160. The van der Waals surface area contributed by atoms with Gasteiger partial charge in [-0.3, -0.25) is 0 Å². The molecule has 3 rings (SSSR count). The van der Waals surface area contributed by atoms with E-state index in [0.717, 1.165) is 36.3 Å². The summed E-state index contributed by atoms with van der Waals surface area (Å²) in [5.41, 5.74) is 0.825. The predicted molar refractivity (Wildman–Crippen MR) is 80.3 cm³/mol. The van der Waals surface area contributed by atoms with E-state index in [1.54, 1.807) is 0 Å². The van der Waals surface area contributed by atoms with Gasteiger partial charge < -0.3 is 9.64 Å². The first kappa shape index (κ1) is 13.6. The first-order valence-corrected chi connectivity index (χ1v) is 7.32. The predicted octanol–water partition coefficient (Wildman–Crippen LogP) is 3.00. The molecule has 0 bridgehead atoms. The first-order chi connectivity index (χ1) is 9.72. The van der Waals surface area contributed by atoms with Crippen LogP contribution in [0.5, 0.6) is 5.75 Å². The molecule has 5 heteroatoms. The zero-order chi connectivity index (χ0) is 13.9. The van der Waals surface area contributed by atoms with Gasteiger partial charge in [-0.15, -0.1) is 0 Å². The van der Waals surface area contributed by atoms with E-state index >= 15 is 0 Å². The van der Waals surface area contributed by atoms with Gasteiger partial charge in [-0.05, 0) is 51.0 Å². The summed E-state index contributed by atoms with van der Waals surface area (Å²) in [5.74, 6) is 1.50. The molecule has 0 atom stereocenters. The highest BCUT2D eigenvalue weighted by atomic mass is 35.5. The number of ether oxygens (including phenoxy) is 1. The van der Waals surface area contributed by atoms with Crippen LogP contribution in [0.3, 0.4) is 0 Å². The van der Waals surface area contributed by atoms with E-state index in [2.05, 4.69) is 21.9 Å². The summed E-state index contributed by atoms with van der Waals surface area (Å²) in [4.78, 5) is 10.6. The van der Waals surface area contributed by atoms with Gasteiger partial charge in [0.25, 0.3) is 0 Å². The van der Waals surface area contributed by atoms with Gasteiger partial charge in [0.05, 0.1) is 12.1 Å². The van der Waals surface area contributed by atoms with Crippen LogP contribution in [-0.4, -0.2) is 41.6 Å². The maximum Gasteiger partial charge on any atom is 0.140 e. The minimum atomic E-state index is 0.483. The van der Waals surface area contributed by atoms with Crippen molar-refractivity contribution < 1.29 is 4.74 Å². The van der Waals surface area contributed by atoms with E-state index in [-0.39, 0.29) is 0 Å². The standard InChI is InChI=1S/C15H18ClN3O/c1-19-6-4-11(5-7-19)9-20-12-2-3-13-14(8-12)17-10-18-15(13)16/h2-3,8,10-11H,4-7,9H2,1H3. The van der Waals surface area contributed by atoms with E-state index in [9.17, 15) is 0 Å². The third-order valence-corrected chi connectivity index (χ3v) is 4.18. The number of hydrogen-bond acceptors (Lipinski definition) is 4. The van der Waals surface area contributed by atoms with E-state index in [1.807, 2.05) is 18.2 Å². The number of piperidine rings is 1. The molecule has 4 nitrogen and oxygen atoms in total. The fourth-order valence-corrected chi connectivity index (χ4v) is 2.74. The number of aromatic nitrogens is 2. The van der Waals surface area contributed by atoms with E-state index in [0.29, 0.717) is 11.1 Å². The van der Waals surface area contributed by atoms with Crippen LogP contribution in [-0.2, 0) is 0 Å². The molecule has 1 fully saturated rings. The Hall–Kier alpha value is -1.39. The van der Waals surface area contributed by atoms with Crippen LogP contribution in [0.15, 0.2) is 24.5 Å². The van der Waals surface area contributed by atoms with E-state index in [4.69, 9.17) is 16.3 Å². The maximum atomic E-state index is 6.03. The van der Waals surface area contributed by atoms with Crippen LogP contribution < -0.4 is 4.74 Å². The molecule has 1 aromatic heterocycles. The SMILES string of the molecule is CN1CCC(COc2ccc3c(Cl)ncnc3c2)CC1. The summed E-state index contributed by atoms with van der Waals surface area (Å²) >= 11 is 6.03. The van der Waals surface area contributed by atoms with Crippen LogP contribution in [0.25, 0.3) is 10.9 Å². The Morgan fingerprint density at radius 2 is 2.10 bits per heavy atom. The molecule has 0 unspecified atom stereocenters. The Kier molecular flexibility index (Phi) is 4.03. The second-order valence-electron chi connectivity index (χ2n) is 5.40. The lowest BCUT2D eigenvalue weighted by atomic mass is 9.98. The van der Waals surface area contributed by atoms with Crippen molar-refractivity contribution in [3.8, 4) is 5.75 Å². The summed E-state index contributed by atoms with van der Waals surface area (Å²) in [6.45, 7) is 3.10. The Bertz CT molecular complexity index is 597. The van der Waals surface area contributed by atoms with Crippen molar-refractivity contribution in [1.29, 1.82) is 0 Å². The highest BCUT2D eigenvalue weighted by Crippen LogP contribution is 2.24. The van der Waals surface area contributed by atoms with Gasteiger partial charge in [-0.2, -0.15) is 0 Å². The molecular formula is C15H18ClN3O. The first-order valence-electron chi connectivity index (χ1n) is 6.94. The average Bonchev–Trinajstić information content (AvgIpc) is 2.47. The topological polar surface area (TPSA) is 38.2 Å². The smallest absolute Gasteiger partial charge is 0.140 e. The largest absolute Gasteiger partial charge is 0.493 e. The minimum Gasteiger partial charge on any atom is -0.493 e. The number of fused-ring (bicyclic) bond motifs is 1. The lowest BCUT2D eigenvalue weighted by Crippen LogP contribution is -2.32. The minimum absolute atomic E-state index is 0.483. The normalized spacial score (nSPS) is 17.5. The van der Waals surface area contributed by atoms with Crippen molar-refractivity contribution in [2.75, 3.05) is 26.7 Å². The van der Waals surface area contributed by atoms with Gasteiger partial charge in [0.2, 0.25) is 0 Å². The van der Waals surface area contributed by atoms with Gasteiger partial charge in [0.15, 0.2) is 0 Å². The third-order valence-electron chi connectivity index (χ3n) is 3.88. The van der Waals surface area contributed by atoms with Crippen molar-refractivity contribution in [3.63, 3.8) is 0 Å². The van der Waals surface area contributed by atoms with Crippen LogP contribution >= 0.6 is 11.6 Å². The Morgan fingerprint density at radius 3 is 2.90 bits per heavy atom. The van der Waals surface area contributed by atoms with Crippen molar-refractivity contribution in [2.45, 2.75) is 12.8 Å². The van der Waals surface area contributed by atoms with Gasteiger partial charge in [-0.25, -0.2) is 9.97 Å². The Balaban J connectivity index is 1.66. The summed E-state index contributed by atoms with van der Waals surface area (Å²) < 4.78 is 5.91. The molecule has 0 amide bonds. The molecule has 0 N–H and O–H groups in total. The van der Waals surface area contributed by atoms with Crippen LogP contribution in [0.4, 0.5) is 0 Å². The van der Waals surface area contributed by atoms with Gasteiger partial charge >= 0.3 is 0 Å². The molecule has 1 aromatic carbocycles. The summed E-state index contributed by atoms with van der Waals surface area (Å²) in [6.07, 6.45) is 3.89. The number of hydrogen-bond donors (Lipinski definition) is 0. The van der Waals surface area contributed by atoms with Gasteiger partial charge in [0.1, 0.15) is 17.2 Å². The van der Waals surface area contributed by atoms with Crippen molar-refractivity contribution in [2.24, 2.45) is 5.92 Å². The molecule has 2 aromatic rings. The fraction of sp³-hybridized carbons (Fsp3) is 0.467. The number of benzene rings is 1. The Morgan fingerprint density at radius 1 is 1.30 bits per heavy atom. The average molecular weight is 292 g/mol. The molecule has 1 aliphatic rings. The van der Waals surface area contributed by atoms with Crippen LogP contribution in [0.1, 0.15) is 12.8 Å². The van der Waals surface area contributed by atoms with Crippen LogP contribution in [0, 0.1) is 5.92 Å². The zero-order valence-corrected chi connectivity index (χ0v) is 12.3. The molecule has 1 saturated heterocycles. The molecule has 106 valence electrons. The molecule has 0 radical (unpaired) electrons. The van der Waals surface area contributed by atoms with Crippen molar-refractivity contribution in [1.82, 2.24) is 14.9 Å². The van der Waals surface area contributed by atoms with Crippen molar-refractivity contribution in [3.05, 3.63) is 29.7 Å². The monoisotopic (exact) mass is 291 g/mol. The van der Waals surface area contributed by atoms with Crippen molar-refractivity contribution >= 4 is 22.5 Å². The highest BCUT2D eigenvalue weighted by molar-refractivity contribution is 6.34. The van der Waals surface area contributed by atoms with Crippen LogP contribution in [0.2, 0.25) is 5.15 Å². The third kappa shape index (κ3) is 3.02. The summed E-state index contributed by atoms with van der Waals surface area (Å²) in [6, 6.07) is 5.78. The molecule has 1 aliphatic heterocycles. The molecular weight excluding hydrogens is 274 g/mol. The molecule has 0 saturated carbocycles. The Labute approximate surface area is 123 Å². The van der Waals surface area contributed by atoms with Gasteiger partial charge in [-0.1, -0.05) is 11.6 Å². The van der Waals surface area contributed by atoms with Gasteiger partial charge in [0, 0.05) is 11.5 Å². The molecule has 20 heavy (non-hydrogen) atoms. The highest BCUT2D eigenvalue weighted by Gasteiger charge is 2.17. The second kappa shape index (κ2) is 5.94. The number of likely N-dealkylation sites (tertiary alicyclic amines) is 1. The maximum absolute atomic E-state index is 6.03. The molecule has 0 spiro atoms. The zero-order valence-electron chi connectivity index (χ0n) is 11.6. The van der Waals surface area contributed by atoms with E-state index < -0.39 is 0 Å². The lowest BCUT2D eigenvalue weighted by Gasteiger charge is -2.28. The second-order valence-corrected chi connectivity index (χ2v) is 5.76.